The summed E-state index contributed by atoms with van der Waals surface area (Å²) in [5, 5.41) is 20.9. The Bertz CT molecular complexity index is 2490. The molecule has 0 amide bonds. The average molecular weight is 836 g/mol. The predicted octanol–water partition coefficient (Wildman–Crippen LogP) is 9.48. The number of aromatic amines is 1. The Labute approximate surface area is 339 Å². The van der Waals surface area contributed by atoms with Gasteiger partial charge in [0.1, 0.15) is 0 Å². The first-order chi connectivity index (χ1) is 27.2. The Hall–Kier alpha value is -5.68. The number of esters is 2. The van der Waals surface area contributed by atoms with Gasteiger partial charge in [-0.15, -0.1) is 0 Å². The number of halogens is 1. The molecule has 296 valence electrons. The first-order valence-corrected chi connectivity index (χ1v) is 19.9. The second-order valence-corrected chi connectivity index (χ2v) is 15.5. The van der Waals surface area contributed by atoms with Crippen molar-refractivity contribution in [2.24, 2.45) is 0 Å². The van der Waals surface area contributed by atoms with Gasteiger partial charge in [0.15, 0.2) is 0 Å². The van der Waals surface area contributed by atoms with Crippen LogP contribution in [0.15, 0.2) is 84.9 Å². The summed E-state index contributed by atoms with van der Waals surface area (Å²) in [6, 6.07) is 26.7. The predicted molar refractivity (Wildman–Crippen MR) is 224 cm³/mol. The van der Waals surface area contributed by atoms with Crippen molar-refractivity contribution in [1.82, 2.24) is 9.55 Å². The molecule has 0 radical (unpaired) electrons. The van der Waals surface area contributed by atoms with Gasteiger partial charge in [0.2, 0.25) is 0 Å². The number of carboxylic acids is 2. The molecule has 10 nitrogen and oxygen atoms in total. The molecule has 2 fully saturated rings. The summed E-state index contributed by atoms with van der Waals surface area (Å²) in [5.74, 6) is -2.06. The number of hydrogen-bond donors (Lipinski definition) is 3. The summed E-state index contributed by atoms with van der Waals surface area (Å²) in [6.07, 6.45) is 3.50. The average Bonchev–Trinajstić information content (AvgIpc) is 4.17. The van der Waals surface area contributed by atoms with Crippen LogP contribution in [-0.2, 0) is 41.8 Å². The number of aromatic nitrogens is 2. The number of methoxy groups -OCH3 is 2. The molecule has 0 atom stereocenters. The second-order valence-electron chi connectivity index (χ2n) is 14.9. The molecule has 0 aliphatic heterocycles. The lowest BCUT2D eigenvalue weighted by Crippen LogP contribution is -2.21. The van der Waals surface area contributed by atoms with Crippen molar-refractivity contribution in [2.75, 3.05) is 14.2 Å². The maximum atomic E-state index is 12.1. The maximum Gasteiger partial charge on any atom is 0.335 e. The van der Waals surface area contributed by atoms with E-state index in [0.717, 1.165) is 92.0 Å². The van der Waals surface area contributed by atoms with Gasteiger partial charge in [0.05, 0.1) is 36.2 Å². The standard InChI is InChI=1S/C23H23NO4.C12H13BrO2.C11H11NO2/c1-14-15(2)24(20-9-6-17(21(25)26)12-19(14)20)13-16-4-7-18(8-5-16)23(10-11-23)22(27)28-3;1-15-11(14)12(6-7-12)10-4-2-9(8-13)3-5-10;1-6-7(2)12-10-4-3-8(11(13)14)5-9(6)10/h4-9,12H,10-11,13H2,1-3H3,(H,25,26);2-5H,6-8H2,1H3;3-5,12H,1-2H3,(H,13,14). The fourth-order valence-electron chi connectivity index (χ4n) is 7.47. The highest BCUT2D eigenvalue weighted by Crippen LogP contribution is 2.50. The van der Waals surface area contributed by atoms with Crippen LogP contribution in [0.5, 0.6) is 0 Å². The van der Waals surface area contributed by atoms with E-state index >= 15 is 0 Å². The van der Waals surface area contributed by atoms with Gasteiger partial charge in [-0.05, 0) is 123 Å². The number of aryl methyl sites for hydroxylation is 3. The second kappa shape index (κ2) is 16.4. The molecular formula is C46H47BrN2O8. The number of nitrogens with zero attached hydrogens (tertiary/aromatic N) is 1. The maximum absolute atomic E-state index is 12.1. The summed E-state index contributed by atoms with van der Waals surface area (Å²) in [6.45, 7) is 8.74. The smallest absolute Gasteiger partial charge is 0.335 e. The Morgan fingerprint density at radius 2 is 1.14 bits per heavy atom. The van der Waals surface area contributed by atoms with Crippen LogP contribution in [0, 0.1) is 27.7 Å². The molecule has 6 aromatic rings. The lowest BCUT2D eigenvalue weighted by atomic mass is 9.95. The summed E-state index contributed by atoms with van der Waals surface area (Å²) in [5.41, 5.74) is 10.7. The number of alkyl halides is 1. The van der Waals surface area contributed by atoms with E-state index in [9.17, 15) is 24.3 Å². The van der Waals surface area contributed by atoms with E-state index in [0.29, 0.717) is 17.7 Å². The van der Waals surface area contributed by atoms with Gasteiger partial charge in [-0.3, -0.25) is 9.59 Å². The lowest BCUT2D eigenvalue weighted by Gasteiger charge is -2.14. The number of benzene rings is 4. The van der Waals surface area contributed by atoms with Crippen LogP contribution in [0.2, 0.25) is 0 Å². The fourth-order valence-corrected chi connectivity index (χ4v) is 7.84. The van der Waals surface area contributed by atoms with Gasteiger partial charge in [-0.25, -0.2) is 9.59 Å². The number of ether oxygens (including phenoxy) is 2. The van der Waals surface area contributed by atoms with Gasteiger partial charge in [-0.2, -0.15) is 0 Å². The van der Waals surface area contributed by atoms with Crippen LogP contribution in [0.1, 0.15) is 91.2 Å². The van der Waals surface area contributed by atoms with Crippen molar-refractivity contribution in [3.8, 4) is 0 Å². The van der Waals surface area contributed by atoms with Crippen LogP contribution >= 0.6 is 15.9 Å². The monoisotopic (exact) mass is 834 g/mol. The van der Waals surface area contributed by atoms with E-state index in [-0.39, 0.29) is 17.4 Å². The van der Waals surface area contributed by atoms with Crippen molar-refractivity contribution in [3.63, 3.8) is 0 Å². The molecule has 0 unspecified atom stereocenters. The van der Waals surface area contributed by atoms with Crippen LogP contribution in [0.25, 0.3) is 21.8 Å². The molecule has 11 heteroatoms. The topological polar surface area (TPSA) is 148 Å². The number of hydrogen-bond acceptors (Lipinski definition) is 6. The van der Waals surface area contributed by atoms with Crippen LogP contribution < -0.4 is 0 Å². The minimum absolute atomic E-state index is 0.103. The number of fused-ring (bicyclic) bond motifs is 2. The van der Waals surface area contributed by atoms with E-state index in [2.05, 4.69) is 44.5 Å². The molecule has 4 aromatic carbocycles. The van der Waals surface area contributed by atoms with E-state index in [1.165, 1.54) is 19.8 Å². The summed E-state index contributed by atoms with van der Waals surface area (Å²) >= 11 is 3.40. The van der Waals surface area contributed by atoms with Crippen molar-refractivity contribution in [3.05, 3.63) is 141 Å². The number of rotatable bonds is 9. The number of carbonyl (C=O) groups is 4. The number of carbonyl (C=O) groups excluding carboxylic acids is 2. The van der Waals surface area contributed by atoms with Crippen LogP contribution in [0.3, 0.4) is 0 Å². The normalized spacial score (nSPS) is 14.4. The van der Waals surface area contributed by atoms with Gasteiger partial charge in [-0.1, -0.05) is 64.5 Å². The Morgan fingerprint density at radius 3 is 1.60 bits per heavy atom. The van der Waals surface area contributed by atoms with Gasteiger partial charge < -0.3 is 29.2 Å². The molecule has 2 heterocycles. The number of carboxylic acid groups (broad SMARTS) is 2. The Balaban J connectivity index is 0.000000159. The molecule has 8 rings (SSSR count). The van der Waals surface area contributed by atoms with E-state index in [4.69, 9.17) is 14.6 Å². The minimum Gasteiger partial charge on any atom is -0.478 e. The zero-order valence-electron chi connectivity index (χ0n) is 33.0. The van der Waals surface area contributed by atoms with Gasteiger partial charge >= 0.3 is 23.9 Å². The minimum atomic E-state index is -0.915. The third kappa shape index (κ3) is 8.12. The van der Waals surface area contributed by atoms with Gasteiger partial charge in [0, 0.05) is 45.1 Å². The quantitative estimate of drug-likeness (QED) is 0.0964. The number of nitrogens with one attached hydrogen (secondary N) is 1. The first kappa shape index (κ1) is 41.0. The van der Waals surface area contributed by atoms with Crippen molar-refractivity contribution in [1.29, 1.82) is 0 Å². The Kier molecular flexibility index (Phi) is 11.8. The molecular weight excluding hydrogens is 788 g/mol. The zero-order chi connectivity index (χ0) is 41.2. The highest BCUT2D eigenvalue weighted by atomic mass is 79.9. The molecule has 57 heavy (non-hydrogen) atoms. The SMILES string of the molecule is COC(=O)C1(c2ccc(CBr)cc2)CC1.COC(=O)C1(c2ccc(Cn3c(C)c(C)c4cc(C(=O)O)ccc43)cc2)CC1.Cc1[nH]c2ccc(C(=O)O)cc2c1C. The molecule has 2 aromatic heterocycles. The first-order valence-electron chi connectivity index (χ1n) is 18.8. The van der Waals surface area contributed by atoms with E-state index in [1.54, 1.807) is 30.3 Å². The molecule has 0 spiro atoms. The van der Waals surface area contributed by atoms with Crippen molar-refractivity contribution < 1.29 is 38.9 Å². The lowest BCUT2D eigenvalue weighted by molar-refractivity contribution is -0.144. The van der Waals surface area contributed by atoms with Crippen LogP contribution in [0.4, 0.5) is 0 Å². The molecule has 0 bridgehead atoms. The van der Waals surface area contributed by atoms with Crippen molar-refractivity contribution in [2.45, 2.75) is 76.1 Å². The molecule has 0 saturated heterocycles. The third-order valence-electron chi connectivity index (χ3n) is 11.6. The summed E-state index contributed by atoms with van der Waals surface area (Å²) in [7, 11) is 2.89. The third-order valence-corrected chi connectivity index (χ3v) is 12.2. The van der Waals surface area contributed by atoms with Crippen molar-refractivity contribution >= 4 is 61.6 Å². The highest BCUT2D eigenvalue weighted by Gasteiger charge is 2.53. The van der Waals surface area contributed by atoms with Gasteiger partial charge in [0.25, 0.3) is 0 Å². The summed E-state index contributed by atoms with van der Waals surface area (Å²) in [4.78, 5) is 48.9. The highest BCUT2D eigenvalue weighted by molar-refractivity contribution is 9.08. The Morgan fingerprint density at radius 1 is 0.667 bits per heavy atom. The fraction of sp³-hybridized carbons (Fsp3) is 0.304. The molecule has 2 aliphatic carbocycles. The molecule has 3 N–H and O–H groups in total. The number of H-pyrrole nitrogens is 1. The summed E-state index contributed by atoms with van der Waals surface area (Å²) < 4.78 is 12.0. The van der Waals surface area contributed by atoms with E-state index < -0.39 is 17.4 Å². The van der Waals surface area contributed by atoms with E-state index in [1.807, 2.05) is 63.2 Å². The van der Waals surface area contributed by atoms with Crippen LogP contribution in [-0.4, -0.2) is 57.9 Å². The number of aromatic carboxylic acids is 2. The largest absolute Gasteiger partial charge is 0.478 e. The zero-order valence-corrected chi connectivity index (χ0v) is 34.6. The molecule has 2 aliphatic rings. The molecule has 2 saturated carbocycles.